The lowest BCUT2D eigenvalue weighted by atomic mass is 10.2. The van der Waals surface area contributed by atoms with Crippen LogP contribution in [0.3, 0.4) is 0 Å². The molecule has 1 N–H and O–H groups in total. The summed E-state index contributed by atoms with van der Waals surface area (Å²) in [6.07, 6.45) is -3.75. The van der Waals surface area contributed by atoms with E-state index in [1.54, 1.807) is 0 Å². The highest BCUT2D eigenvalue weighted by Crippen LogP contribution is 2.38. The summed E-state index contributed by atoms with van der Waals surface area (Å²) < 4.78 is 41.6. The summed E-state index contributed by atoms with van der Waals surface area (Å²) >= 11 is 8.12. The Hall–Kier alpha value is -0.950. The minimum atomic E-state index is -4.48. The highest BCUT2D eigenvalue weighted by Gasteiger charge is 2.32. The first-order chi connectivity index (χ1) is 9.32. The molecule has 9 heteroatoms. The molecule has 1 aromatic heterocycles. The van der Waals surface area contributed by atoms with Crippen LogP contribution in [0.15, 0.2) is 27.3 Å². The van der Waals surface area contributed by atoms with E-state index in [1.807, 2.05) is 6.92 Å². The summed E-state index contributed by atoms with van der Waals surface area (Å²) in [4.78, 5) is 3.72. The molecule has 106 valence electrons. The first-order valence-corrected chi connectivity index (χ1v) is 7.30. The van der Waals surface area contributed by atoms with Gasteiger partial charge >= 0.3 is 6.18 Å². The maximum absolute atomic E-state index is 12.5. The van der Waals surface area contributed by atoms with Gasteiger partial charge in [-0.05, 0) is 42.6 Å². The van der Waals surface area contributed by atoms with E-state index >= 15 is 0 Å². The summed E-state index contributed by atoms with van der Waals surface area (Å²) in [5.41, 5.74) is -0.316. The van der Waals surface area contributed by atoms with Gasteiger partial charge in [-0.25, -0.2) is 9.38 Å². The Morgan fingerprint density at radius 2 is 2.20 bits per heavy atom. The molecule has 1 aliphatic heterocycles. The first kappa shape index (κ1) is 15.4. The third-order valence-corrected chi connectivity index (χ3v) is 4.77. The third kappa shape index (κ3) is 3.20. The number of hydrogen-bond acceptors (Lipinski definition) is 5. The van der Waals surface area contributed by atoms with Crippen LogP contribution in [-0.2, 0) is 6.18 Å². The Bertz CT molecular complexity index is 624. The lowest BCUT2D eigenvalue weighted by molar-refractivity contribution is -0.137. The highest BCUT2D eigenvalue weighted by molar-refractivity contribution is 8.16. The topological polar surface area (TPSA) is 49.1 Å². The number of pyridine rings is 1. The Morgan fingerprint density at radius 1 is 1.50 bits per heavy atom. The molecule has 0 aromatic carbocycles. The highest BCUT2D eigenvalue weighted by atomic mass is 35.5. The minimum absolute atomic E-state index is 0.0109. The van der Waals surface area contributed by atoms with Crippen molar-refractivity contribution < 1.29 is 13.2 Å². The van der Waals surface area contributed by atoms with Gasteiger partial charge in [0.25, 0.3) is 0 Å². The van der Waals surface area contributed by atoms with Crippen molar-refractivity contribution in [3.8, 4) is 0 Å². The predicted octanol–water partition coefficient (Wildman–Crippen LogP) is 4.47. The monoisotopic (exact) mass is 337 g/mol. The number of aromatic nitrogens is 1. The number of alkyl halides is 3. The number of halogens is 4. The Labute approximate surface area is 126 Å². The van der Waals surface area contributed by atoms with Gasteiger partial charge in [-0.2, -0.15) is 13.2 Å². The molecular formula is C11H7ClF3N3S2. The molecule has 0 radical (unpaired) electrons. The summed E-state index contributed by atoms with van der Waals surface area (Å²) in [7, 11) is 0. The molecule has 1 atom stereocenters. The maximum Gasteiger partial charge on any atom is 0.417 e. The van der Waals surface area contributed by atoms with Gasteiger partial charge in [-0.3, -0.25) is 5.41 Å². The fourth-order valence-corrected chi connectivity index (χ4v) is 3.42. The first-order valence-electron chi connectivity index (χ1n) is 5.27. The number of nitrogens with one attached hydrogen (secondary N) is 1. The molecule has 20 heavy (non-hydrogen) atoms. The second-order valence-electron chi connectivity index (χ2n) is 3.79. The van der Waals surface area contributed by atoms with Crippen LogP contribution in [0.4, 0.5) is 13.2 Å². The van der Waals surface area contributed by atoms with Gasteiger partial charge in [0.15, 0.2) is 0 Å². The Kier molecular flexibility index (Phi) is 4.49. The average Bonchev–Trinajstić information content (AvgIpc) is 2.71. The van der Waals surface area contributed by atoms with Crippen molar-refractivity contribution in [1.29, 1.82) is 5.41 Å². The van der Waals surface area contributed by atoms with Gasteiger partial charge in [0.2, 0.25) is 0 Å². The van der Waals surface area contributed by atoms with Crippen molar-refractivity contribution in [3.05, 3.63) is 28.4 Å². The van der Waals surface area contributed by atoms with Crippen molar-refractivity contribution in [2.75, 3.05) is 0 Å². The van der Waals surface area contributed by atoms with Crippen molar-refractivity contribution in [3.63, 3.8) is 0 Å². The Balaban J connectivity index is 2.26. The van der Waals surface area contributed by atoms with Crippen LogP contribution in [0.1, 0.15) is 12.5 Å². The standard InChI is InChI=1S/C11H7ClF3N3S2/c1-5-7(3-16)9(18-20-5)19-10-8(12)2-6(4-17-10)11(13,14)15/h2,4-5,16H,1H3/t5-/m1/s1. The van der Waals surface area contributed by atoms with E-state index in [-0.39, 0.29) is 15.3 Å². The zero-order valence-corrected chi connectivity index (χ0v) is 12.3. The van der Waals surface area contributed by atoms with Gasteiger partial charge in [0, 0.05) is 6.20 Å². The van der Waals surface area contributed by atoms with Crippen molar-refractivity contribution in [1.82, 2.24) is 4.98 Å². The molecular weight excluding hydrogens is 331 g/mol. The molecule has 0 bridgehead atoms. The fourth-order valence-electron chi connectivity index (χ4n) is 1.38. The number of hydrogen-bond donors (Lipinski definition) is 1. The van der Waals surface area contributed by atoms with E-state index < -0.39 is 11.7 Å². The molecule has 1 aromatic rings. The van der Waals surface area contributed by atoms with Gasteiger partial charge in [0.05, 0.1) is 21.4 Å². The van der Waals surface area contributed by atoms with Crippen LogP contribution in [-0.4, -0.2) is 21.1 Å². The number of thioether (sulfide) groups is 1. The zero-order chi connectivity index (χ0) is 14.9. The Morgan fingerprint density at radius 3 is 2.75 bits per heavy atom. The van der Waals surface area contributed by atoms with E-state index in [9.17, 15) is 13.2 Å². The smallest absolute Gasteiger partial charge is 0.258 e. The molecule has 0 amide bonds. The van der Waals surface area contributed by atoms with E-state index in [4.69, 9.17) is 17.0 Å². The van der Waals surface area contributed by atoms with Crippen LogP contribution >= 0.6 is 35.3 Å². The summed E-state index contributed by atoms with van der Waals surface area (Å²) in [6.45, 7) is 1.86. The lowest BCUT2D eigenvalue weighted by Gasteiger charge is -2.09. The second-order valence-corrected chi connectivity index (χ2v) is 6.28. The van der Waals surface area contributed by atoms with Crippen molar-refractivity contribution >= 4 is 46.2 Å². The van der Waals surface area contributed by atoms with Crippen LogP contribution in [0.5, 0.6) is 0 Å². The van der Waals surface area contributed by atoms with Crippen LogP contribution < -0.4 is 0 Å². The fraction of sp³-hybridized carbons (Fsp3) is 0.273. The average molecular weight is 338 g/mol. The summed E-state index contributed by atoms with van der Waals surface area (Å²) in [5, 5.41) is 7.81. The normalized spacial score (nSPS) is 18.9. The summed E-state index contributed by atoms with van der Waals surface area (Å²) in [5.74, 6) is 2.28. The van der Waals surface area contributed by atoms with Crippen LogP contribution in [0, 0.1) is 5.41 Å². The number of nitrogens with zero attached hydrogens (tertiary/aromatic N) is 2. The molecule has 3 nitrogen and oxygen atoms in total. The lowest BCUT2D eigenvalue weighted by Crippen LogP contribution is -2.07. The minimum Gasteiger partial charge on any atom is -0.258 e. The molecule has 1 aliphatic rings. The molecule has 2 rings (SSSR count). The van der Waals surface area contributed by atoms with Crippen molar-refractivity contribution in [2.24, 2.45) is 4.40 Å². The molecule has 2 heterocycles. The van der Waals surface area contributed by atoms with Crippen molar-refractivity contribution in [2.45, 2.75) is 23.4 Å². The van der Waals surface area contributed by atoms with E-state index in [0.717, 1.165) is 24.0 Å². The zero-order valence-electron chi connectivity index (χ0n) is 9.95. The summed E-state index contributed by atoms with van der Waals surface area (Å²) in [6, 6.07) is 0.830. The van der Waals surface area contributed by atoms with Crippen LogP contribution in [0.2, 0.25) is 5.02 Å². The number of rotatable bonds is 1. The molecule has 0 saturated carbocycles. The second kappa shape index (κ2) is 5.81. The predicted molar refractivity (Wildman–Crippen MR) is 75.8 cm³/mol. The molecule has 0 spiro atoms. The quantitative estimate of drug-likeness (QED) is 0.607. The van der Waals surface area contributed by atoms with Gasteiger partial charge in [-0.1, -0.05) is 11.6 Å². The molecule has 0 fully saturated rings. The van der Waals surface area contributed by atoms with Gasteiger partial charge in [-0.15, -0.1) is 0 Å². The molecule has 0 saturated heterocycles. The van der Waals surface area contributed by atoms with Gasteiger partial charge < -0.3 is 0 Å². The third-order valence-electron chi connectivity index (χ3n) is 2.39. The van der Waals surface area contributed by atoms with E-state index in [0.29, 0.717) is 10.6 Å². The maximum atomic E-state index is 12.5. The largest absolute Gasteiger partial charge is 0.417 e. The van der Waals surface area contributed by atoms with Gasteiger partial charge in [0.1, 0.15) is 10.1 Å². The van der Waals surface area contributed by atoms with E-state index in [2.05, 4.69) is 15.3 Å². The molecule has 0 aliphatic carbocycles. The SMILES string of the molecule is C[C@H]1SN=C(Sc2ncc(C(F)(F)F)cc2Cl)C1=C=N. The van der Waals surface area contributed by atoms with E-state index in [1.165, 1.54) is 11.9 Å². The molecule has 0 unspecified atom stereocenters. The van der Waals surface area contributed by atoms with Crippen LogP contribution in [0.25, 0.3) is 0 Å².